The highest BCUT2D eigenvalue weighted by atomic mass is 79.9. The predicted octanol–water partition coefficient (Wildman–Crippen LogP) is 4.35. The van der Waals surface area contributed by atoms with Gasteiger partial charge in [-0.1, -0.05) is 13.3 Å². The van der Waals surface area contributed by atoms with E-state index in [0.717, 1.165) is 38.7 Å². The molecule has 4 amide bonds. The smallest absolute Gasteiger partial charge is 0.323 e. The van der Waals surface area contributed by atoms with Gasteiger partial charge in [-0.05, 0) is 88.1 Å². The van der Waals surface area contributed by atoms with Crippen molar-refractivity contribution in [1.82, 2.24) is 10.2 Å². The van der Waals surface area contributed by atoms with Gasteiger partial charge in [0.25, 0.3) is 5.91 Å². The van der Waals surface area contributed by atoms with Crippen LogP contribution in [0.1, 0.15) is 44.6 Å². The Bertz CT molecular complexity index is 765. The van der Waals surface area contributed by atoms with E-state index >= 15 is 0 Å². The van der Waals surface area contributed by atoms with E-state index in [2.05, 4.69) is 49.4 Å². The fourth-order valence-electron chi connectivity index (χ4n) is 3.88. The van der Waals surface area contributed by atoms with Gasteiger partial charge >= 0.3 is 6.03 Å². The molecule has 0 unspecified atom stereocenters. The lowest BCUT2D eigenvalue weighted by Crippen LogP contribution is -2.49. The Labute approximate surface area is 175 Å². The first-order chi connectivity index (χ1) is 12.8. The number of benzene rings is 1. The van der Waals surface area contributed by atoms with Crippen LogP contribution in [0.5, 0.6) is 0 Å². The van der Waals surface area contributed by atoms with Gasteiger partial charge in [0.15, 0.2) is 0 Å². The number of rotatable bonds is 4. The minimum absolute atomic E-state index is 0.278. The van der Waals surface area contributed by atoms with Gasteiger partial charge in [-0.3, -0.25) is 14.5 Å². The number of nitrogens with zero attached hydrogens (tertiary/aromatic N) is 1. The lowest BCUT2D eigenvalue weighted by atomic mass is 9.75. The van der Waals surface area contributed by atoms with Crippen molar-refractivity contribution < 1.29 is 14.4 Å². The summed E-state index contributed by atoms with van der Waals surface area (Å²) in [7, 11) is 0. The summed E-state index contributed by atoms with van der Waals surface area (Å²) in [5.74, 6) is -0.0869. The van der Waals surface area contributed by atoms with Gasteiger partial charge in [-0.15, -0.1) is 0 Å². The number of hydrogen-bond acceptors (Lipinski definition) is 3. The van der Waals surface area contributed by atoms with Crippen LogP contribution in [0.25, 0.3) is 0 Å². The van der Waals surface area contributed by atoms with Gasteiger partial charge in [0, 0.05) is 8.95 Å². The van der Waals surface area contributed by atoms with Gasteiger partial charge in [-0.25, -0.2) is 4.79 Å². The Morgan fingerprint density at radius 1 is 1.26 bits per heavy atom. The fraction of sp³-hybridized carbons (Fsp3) is 0.526. The summed E-state index contributed by atoms with van der Waals surface area (Å²) in [6.45, 7) is 3.80. The second-order valence-electron chi connectivity index (χ2n) is 7.41. The van der Waals surface area contributed by atoms with Gasteiger partial charge in [0.05, 0.1) is 5.69 Å². The van der Waals surface area contributed by atoms with Crippen LogP contribution in [0.3, 0.4) is 0 Å². The Kier molecular flexibility index (Phi) is 5.96. The molecule has 0 radical (unpaired) electrons. The molecule has 2 N–H and O–H groups in total. The number of amides is 4. The van der Waals surface area contributed by atoms with E-state index in [9.17, 15) is 14.4 Å². The van der Waals surface area contributed by atoms with Gasteiger partial charge in [-0.2, -0.15) is 0 Å². The highest BCUT2D eigenvalue weighted by Crippen LogP contribution is 2.38. The van der Waals surface area contributed by atoms with Crippen molar-refractivity contribution in [3.8, 4) is 0 Å². The van der Waals surface area contributed by atoms with E-state index < -0.39 is 17.5 Å². The number of anilines is 1. The molecule has 1 aliphatic heterocycles. The van der Waals surface area contributed by atoms with Crippen molar-refractivity contribution >= 4 is 55.4 Å². The van der Waals surface area contributed by atoms with E-state index in [4.69, 9.17) is 0 Å². The molecule has 1 saturated carbocycles. The van der Waals surface area contributed by atoms with E-state index in [0.29, 0.717) is 24.4 Å². The molecular formula is C19H23Br2N3O3. The van der Waals surface area contributed by atoms with Crippen LogP contribution in [0.15, 0.2) is 21.1 Å². The molecule has 1 saturated heterocycles. The maximum atomic E-state index is 12.9. The number of urea groups is 1. The zero-order valence-corrected chi connectivity index (χ0v) is 18.6. The molecule has 8 heteroatoms. The molecule has 2 fully saturated rings. The third-order valence-electron chi connectivity index (χ3n) is 5.53. The molecule has 0 aromatic heterocycles. The Hall–Kier alpha value is -1.41. The van der Waals surface area contributed by atoms with Crippen LogP contribution in [0.4, 0.5) is 10.5 Å². The average molecular weight is 501 g/mol. The summed E-state index contributed by atoms with van der Waals surface area (Å²) in [5, 5.41) is 5.63. The molecule has 1 heterocycles. The van der Waals surface area contributed by atoms with Crippen LogP contribution in [0.2, 0.25) is 0 Å². The molecule has 1 aromatic rings. The molecule has 2 aliphatic rings. The number of carbonyl (C=O) groups excluding carboxylic acids is 3. The SMILES string of the molecule is CCC1CCC2(CC1)NC(=O)N(CC(=O)Nc1c(Br)cc(C)cc1Br)C2=O. The summed E-state index contributed by atoms with van der Waals surface area (Å²) < 4.78 is 1.46. The first-order valence-corrected chi connectivity index (χ1v) is 10.7. The number of imide groups is 1. The minimum Gasteiger partial charge on any atom is -0.323 e. The summed E-state index contributed by atoms with van der Waals surface area (Å²) in [6, 6.07) is 3.29. The predicted molar refractivity (Wildman–Crippen MR) is 110 cm³/mol. The van der Waals surface area contributed by atoms with Crippen molar-refractivity contribution in [3.05, 3.63) is 26.6 Å². The van der Waals surface area contributed by atoms with Crippen molar-refractivity contribution in [2.75, 3.05) is 11.9 Å². The van der Waals surface area contributed by atoms with Crippen LogP contribution < -0.4 is 10.6 Å². The second-order valence-corrected chi connectivity index (χ2v) is 9.12. The summed E-state index contributed by atoms with van der Waals surface area (Å²) in [4.78, 5) is 38.8. The maximum absolute atomic E-state index is 12.9. The van der Waals surface area contributed by atoms with E-state index in [1.54, 1.807) is 0 Å². The monoisotopic (exact) mass is 499 g/mol. The third kappa shape index (κ3) is 4.06. The van der Waals surface area contributed by atoms with E-state index in [1.165, 1.54) is 0 Å². The molecule has 6 nitrogen and oxygen atoms in total. The second kappa shape index (κ2) is 7.91. The highest BCUT2D eigenvalue weighted by molar-refractivity contribution is 9.11. The molecule has 3 rings (SSSR count). The molecule has 27 heavy (non-hydrogen) atoms. The van der Waals surface area contributed by atoms with Gasteiger partial charge in [0.1, 0.15) is 12.1 Å². The zero-order valence-electron chi connectivity index (χ0n) is 15.4. The molecule has 1 spiro atoms. The van der Waals surface area contributed by atoms with Crippen LogP contribution in [0, 0.1) is 12.8 Å². The Morgan fingerprint density at radius 3 is 2.41 bits per heavy atom. The topological polar surface area (TPSA) is 78.5 Å². The molecule has 0 bridgehead atoms. The number of nitrogens with one attached hydrogen (secondary N) is 2. The molecule has 1 aliphatic carbocycles. The van der Waals surface area contributed by atoms with E-state index in [-0.39, 0.29) is 12.5 Å². The lowest BCUT2D eigenvalue weighted by molar-refractivity contribution is -0.135. The minimum atomic E-state index is -0.825. The van der Waals surface area contributed by atoms with Crippen molar-refractivity contribution in [2.24, 2.45) is 5.92 Å². The van der Waals surface area contributed by atoms with Crippen LogP contribution in [-0.2, 0) is 9.59 Å². The standard InChI is InChI=1S/C19H23Br2N3O3/c1-3-12-4-6-19(7-5-12)17(26)24(18(27)23-19)10-15(25)22-16-13(20)8-11(2)9-14(16)21/h8-9,12H,3-7,10H2,1-2H3,(H,22,25)(H,23,27). The number of hydrogen-bond donors (Lipinski definition) is 2. The van der Waals surface area contributed by atoms with Crippen molar-refractivity contribution in [1.29, 1.82) is 0 Å². The first kappa shape index (κ1) is 20.3. The third-order valence-corrected chi connectivity index (χ3v) is 6.79. The van der Waals surface area contributed by atoms with Gasteiger partial charge in [0.2, 0.25) is 5.91 Å². The largest absolute Gasteiger partial charge is 0.325 e. The maximum Gasteiger partial charge on any atom is 0.325 e. The molecular weight excluding hydrogens is 478 g/mol. The fourth-order valence-corrected chi connectivity index (χ4v) is 5.49. The molecule has 0 atom stereocenters. The number of halogens is 2. The average Bonchev–Trinajstić information content (AvgIpc) is 2.83. The van der Waals surface area contributed by atoms with Crippen LogP contribution in [-0.4, -0.2) is 34.8 Å². The van der Waals surface area contributed by atoms with Crippen LogP contribution >= 0.6 is 31.9 Å². The first-order valence-electron chi connectivity index (χ1n) is 9.15. The zero-order chi connectivity index (χ0) is 19.8. The normalized spacial score (nSPS) is 25.0. The Morgan fingerprint density at radius 2 is 1.85 bits per heavy atom. The van der Waals surface area contributed by atoms with Crippen molar-refractivity contribution in [3.63, 3.8) is 0 Å². The highest BCUT2D eigenvalue weighted by Gasteiger charge is 2.52. The molecule has 1 aromatic carbocycles. The quantitative estimate of drug-likeness (QED) is 0.603. The summed E-state index contributed by atoms with van der Waals surface area (Å²) in [6.07, 6.45) is 4.22. The van der Waals surface area contributed by atoms with Crippen molar-refractivity contribution in [2.45, 2.75) is 51.5 Å². The molecule has 146 valence electrons. The number of carbonyl (C=O) groups is 3. The number of aryl methyl sites for hydroxylation is 1. The Balaban J connectivity index is 1.68. The van der Waals surface area contributed by atoms with E-state index in [1.807, 2.05) is 19.1 Å². The van der Waals surface area contributed by atoms with Gasteiger partial charge < -0.3 is 10.6 Å². The summed E-state index contributed by atoms with van der Waals surface area (Å²) in [5.41, 5.74) is 0.787. The lowest BCUT2D eigenvalue weighted by Gasteiger charge is -2.34. The summed E-state index contributed by atoms with van der Waals surface area (Å²) >= 11 is 6.86.